The number of aromatic amines is 1. The quantitative estimate of drug-likeness (QED) is 0.168. The van der Waals surface area contributed by atoms with Gasteiger partial charge in [0, 0.05) is 23.5 Å². The third-order valence-electron chi connectivity index (χ3n) is 5.47. The van der Waals surface area contributed by atoms with Crippen LogP contribution in [0.4, 0.5) is 0 Å². The molecule has 4 atom stereocenters. The van der Waals surface area contributed by atoms with E-state index in [4.69, 9.17) is 11.5 Å². The Balaban J connectivity index is 2.02. The van der Waals surface area contributed by atoms with Crippen LogP contribution in [0.25, 0.3) is 10.9 Å². The van der Waals surface area contributed by atoms with Gasteiger partial charge < -0.3 is 37.5 Å². The van der Waals surface area contributed by atoms with E-state index in [1.165, 1.54) is 18.7 Å². The van der Waals surface area contributed by atoms with E-state index in [-0.39, 0.29) is 6.42 Å². The van der Waals surface area contributed by atoms with Crippen molar-refractivity contribution < 1.29 is 29.1 Å². The van der Waals surface area contributed by atoms with Crippen LogP contribution in [-0.2, 0) is 30.4 Å². The molecule has 0 radical (unpaired) electrons. The van der Waals surface area contributed by atoms with Gasteiger partial charge in [-0.05, 0) is 37.0 Å². The van der Waals surface area contributed by atoms with E-state index in [1.807, 2.05) is 30.5 Å². The highest BCUT2D eigenvalue weighted by Crippen LogP contribution is 2.19. The molecule has 4 unspecified atom stereocenters. The number of benzene rings is 1. The minimum Gasteiger partial charge on any atom is -0.480 e. The summed E-state index contributed by atoms with van der Waals surface area (Å²) in [6, 6.07) is 2.70. The van der Waals surface area contributed by atoms with Crippen molar-refractivity contribution in [2.75, 3.05) is 12.0 Å². The maximum Gasteiger partial charge on any atom is 0.326 e. The van der Waals surface area contributed by atoms with Crippen molar-refractivity contribution in [1.82, 2.24) is 20.9 Å². The van der Waals surface area contributed by atoms with Crippen molar-refractivity contribution in [3.05, 3.63) is 36.0 Å². The fourth-order valence-electron chi connectivity index (χ4n) is 3.46. The summed E-state index contributed by atoms with van der Waals surface area (Å²) in [4.78, 5) is 64.0. The molecule has 0 spiro atoms. The maximum atomic E-state index is 12.7. The number of hydrogen-bond acceptors (Lipinski definition) is 7. The Kier molecular flexibility index (Phi) is 10.7. The number of thioether (sulfide) groups is 1. The molecule has 9 N–H and O–H groups in total. The molecule has 13 heteroatoms. The highest BCUT2D eigenvalue weighted by atomic mass is 32.2. The molecule has 1 heterocycles. The molecule has 12 nitrogen and oxygen atoms in total. The Labute approximate surface area is 212 Å². The maximum absolute atomic E-state index is 12.7. The lowest BCUT2D eigenvalue weighted by atomic mass is 10.0. The number of nitrogens with one attached hydrogen (secondary N) is 4. The van der Waals surface area contributed by atoms with E-state index in [2.05, 4.69) is 20.9 Å². The summed E-state index contributed by atoms with van der Waals surface area (Å²) in [7, 11) is 0. The fraction of sp³-hybridized carbons (Fsp3) is 0.435. The number of nitrogens with two attached hydrogens (primary N) is 2. The number of H-pyrrole nitrogens is 1. The van der Waals surface area contributed by atoms with Crippen LogP contribution in [-0.4, -0.2) is 75.9 Å². The van der Waals surface area contributed by atoms with Crippen LogP contribution in [0.1, 0.15) is 25.3 Å². The van der Waals surface area contributed by atoms with Gasteiger partial charge in [0.05, 0.1) is 12.5 Å². The van der Waals surface area contributed by atoms with E-state index in [9.17, 15) is 29.1 Å². The average Bonchev–Trinajstić information content (AvgIpc) is 3.23. The van der Waals surface area contributed by atoms with Crippen LogP contribution < -0.4 is 27.4 Å². The van der Waals surface area contributed by atoms with E-state index in [0.717, 1.165) is 10.9 Å². The summed E-state index contributed by atoms with van der Waals surface area (Å²) in [5, 5.41) is 17.7. The van der Waals surface area contributed by atoms with Crippen LogP contribution in [0.15, 0.2) is 30.5 Å². The number of carbonyl (C=O) groups excluding carboxylic acids is 4. The predicted molar refractivity (Wildman–Crippen MR) is 136 cm³/mol. The first-order valence-corrected chi connectivity index (χ1v) is 12.6. The molecular formula is C23H32N6O6S. The van der Waals surface area contributed by atoms with E-state index < -0.39 is 60.2 Å². The summed E-state index contributed by atoms with van der Waals surface area (Å²) in [6.45, 7) is 1.35. The zero-order valence-corrected chi connectivity index (χ0v) is 20.9. The summed E-state index contributed by atoms with van der Waals surface area (Å²) >= 11 is 1.50. The van der Waals surface area contributed by atoms with Crippen molar-refractivity contribution >= 4 is 52.3 Å². The van der Waals surface area contributed by atoms with Gasteiger partial charge in [-0.1, -0.05) is 18.2 Å². The molecule has 0 saturated heterocycles. The van der Waals surface area contributed by atoms with Crippen LogP contribution in [0.5, 0.6) is 0 Å². The molecule has 4 amide bonds. The van der Waals surface area contributed by atoms with Crippen molar-refractivity contribution in [1.29, 1.82) is 0 Å². The number of hydrogen-bond donors (Lipinski definition) is 7. The molecule has 36 heavy (non-hydrogen) atoms. The second-order valence-corrected chi connectivity index (χ2v) is 9.30. The summed E-state index contributed by atoms with van der Waals surface area (Å²) in [5.41, 5.74) is 12.6. The number of aromatic nitrogens is 1. The largest absolute Gasteiger partial charge is 0.480 e. The molecule has 0 aliphatic carbocycles. The van der Waals surface area contributed by atoms with Crippen molar-refractivity contribution in [2.24, 2.45) is 11.5 Å². The van der Waals surface area contributed by atoms with Gasteiger partial charge in [-0.15, -0.1) is 0 Å². The third-order valence-corrected chi connectivity index (χ3v) is 6.12. The highest BCUT2D eigenvalue weighted by molar-refractivity contribution is 7.98. The topological polar surface area (TPSA) is 209 Å². The molecule has 0 fully saturated rings. The fourth-order valence-corrected chi connectivity index (χ4v) is 3.95. The predicted octanol–water partition coefficient (Wildman–Crippen LogP) is -0.775. The lowest BCUT2D eigenvalue weighted by molar-refractivity contribution is -0.142. The van der Waals surface area contributed by atoms with Crippen LogP contribution in [0.2, 0.25) is 0 Å². The SMILES string of the molecule is CSCCC(N)C(=O)NC(CC(N)=O)C(=O)NC(C)C(=O)NC(Cc1c[nH]c2ccccc12)C(=O)O. The van der Waals surface area contributed by atoms with E-state index >= 15 is 0 Å². The first-order valence-electron chi connectivity index (χ1n) is 11.2. The van der Waals surface area contributed by atoms with Crippen LogP contribution in [0.3, 0.4) is 0 Å². The third kappa shape index (κ3) is 8.27. The van der Waals surface area contributed by atoms with Crippen molar-refractivity contribution in [3.63, 3.8) is 0 Å². The number of para-hydroxylation sites is 1. The van der Waals surface area contributed by atoms with Crippen molar-refractivity contribution in [3.8, 4) is 0 Å². The molecule has 2 aromatic rings. The minimum absolute atomic E-state index is 0.0139. The lowest BCUT2D eigenvalue weighted by Gasteiger charge is -2.23. The van der Waals surface area contributed by atoms with Gasteiger partial charge in [0.2, 0.25) is 23.6 Å². The zero-order valence-electron chi connectivity index (χ0n) is 20.1. The van der Waals surface area contributed by atoms with Crippen LogP contribution >= 0.6 is 11.8 Å². The molecule has 1 aromatic carbocycles. The number of primary amides is 1. The standard InChI is InChI=1S/C23H32N6O6S/c1-12(27-22(33)17(10-19(25)30)28-21(32)15(24)7-8-36-2)20(31)29-18(23(34)35)9-13-11-26-16-6-4-3-5-14(13)16/h3-6,11-12,15,17-18,26H,7-10,24H2,1-2H3,(H2,25,30)(H,27,33)(H,28,32)(H,29,31)(H,34,35). The molecular weight excluding hydrogens is 488 g/mol. The monoisotopic (exact) mass is 520 g/mol. The Morgan fingerprint density at radius 1 is 1.03 bits per heavy atom. The number of aliphatic carboxylic acids is 1. The summed E-state index contributed by atoms with van der Waals surface area (Å²) < 4.78 is 0. The van der Waals surface area contributed by atoms with Gasteiger partial charge in [-0.2, -0.15) is 11.8 Å². The number of rotatable bonds is 14. The second-order valence-electron chi connectivity index (χ2n) is 8.31. The Morgan fingerprint density at radius 2 is 1.69 bits per heavy atom. The van der Waals surface area contributed by atoms with Gasteiger partial charge in [0.1, 0.15) is 18.1 Å². The van der Waals surface area contributed by atoms with Gasteiger partial charge in [0.25, 0.3) is 0 Å². The molecule has 0 aliphatic rings. The van der Waals surface area contributed by atoms with E-state index in [0.29, 0.717) is 17.7 Å². The molecule has 2 rings (SSSR count). The zero-order chi connectivity index (χ0) is 26.8. The number of carboxylic acids is 1. The Morgan fingerprint density at radius 3 is 2.33 bits per heavy atom. The van der Waals surface area contributed by atoms with Gasteiger partial charge in [-0.25, -0.2) is 4.79 Å². The van der Waals surface area contributed by atoms with Crippen LogP contribution in [0, 0.1) is 0 Å². The van der Waals surface area contributed by atoms with Gasteiger partial charge in [-0.3, -0.25) is 19.2 Å². The first kappa shape index (κ1) is 28.7. The molecule has 196 valence electrons. The summed E-state index contributed by atoms with van der Waals surface area (Å²) in [5.74, 6) is -3.67. The Bertz CT molecular complexity index is 1110. The Hall–Kier alpha value is -3.58. The number of carboxylic acid groups (broad SMARTS) is 1. The number of fused-ring (bicyclic) bond motifs is 1. The normalized spacial score (nSPS) is 14.3. The molecule has 0 aliphatic heterocycles. The minimum atomic E-state index is -1.34. The van der Waals surface area contributed by atoms with E-state index in [1.54, 1.807) is 6.20 Å². The van der Waals surface area contributed by atoms with Gasteiger partial charge in [0.15, 0.2) is 0 Å². The number of amides is 4. The highest BCUT2D eigenvalue weighted by Gasteiger charge is 2.29. The van der Waals surface area contributed by atoms with Gasteiger partial charge >= 0.3 is 5.97 Å². The first-order chi connectivity index (χ1) is 17.0. The second kappa shape index (κ2) is 13.5. The molecule has 0 bridgehead atoms. The smallest absolute Gasteiger partial charge is 0.326 e. The molecule has 0 saturated carbocycles. The number of carbonyl (C=O) groups is 5. The average molecular weight is 521 g/mol. The molecule has 1 aromatic heterocycles. The summed E-state index contributed by atoms with van der Waals surface area (Å²) in [6.07, 6.45) is 3.41. The van der Waals surface area contributed by atoms with Crippen molar-refractivity contribution in [2.45, 2.75) is 50.4 Å². The lowest BCUT2D eigenvalue weighted by Crippen LogP contribution is -2.57.